The molecule has 11 heteroatoms. The molecule has 0 spiro atoms. The van der Waals surface area contributed by atoms with Crippen LogP contribution >= 0.6 is 11.8 Å². The Kier molecular flexibility index (Phi) is 7.13. The molecule has 2 heterocycles. The summed E-state index contributed by atoms with van der Waals surface area (Å²) < 4.78 is 50.1. The van der Waals surface area contributed by atoms with Gasteiger partial charge in [-0.25, -0.2) is 0 Å². The molecule has 0 fully saturated rings. The van der Waals surface area contributed by atoms with E-state index in [1.54, 1.807) is 22.8 Å². The van der Waals surface area contributed by atoms with Crippen molar-refractivity contribution in [3.63, 3.8) is 0 Å². The van der Waals surface area contributed by atoms with Gasteiger partial charge in [-0.3, -0.25) is 13.8 Å². The van der Waals surface area contributed by atoms with Crippen LogP contribution in [-0.2, 0) is 11.3 Å². The molecule has 0 saturated heterocycles. The van der Waals surface area contributed by atoms with Gasteiger partial charge >= 0.3 is 6.36 Å². The fraction of sp³-hybridized carbons (Fsp3) is 0.348. The van der Waals surface area contributed by atoms with E-state index in [2.05, 4.69) is 14.9 Å². The molecule has 0 bridgehead atoms. The number of hydrogen-bond donors (Lipinski definition) is 0. The van der Waals surface area contributed by atoms with Crippen molar-refractivity contribution < 1.29 is 22.6 Å². The fourth-order valence-electron chi connectivity index (χ4n) is 3.65. The maximum absolute atomic E-state index is 13.1. The van der Waals surface area contributed by atoms with Crippen LogP contribution < -0.4 is 10.3 Å². The number of thioether (sulfide) groups is 1. The number of fused-ring (bicyclic) bond motifs is 3. The summed E-state index contributed by atoms with van der Waals surface area (Å²) in [7, 11) is 0. The summed E-state index contributed by atoms with van der Waals surface area (Å²) in [5, 5.41) is 9.61. The maximum atomic E-state index is 13.1. The van der Waals surface area contributed by atoms with E-state index in [4.69, 9.17) is 4.74 Å². The fourth-order valence-corrected chi connectivity index (χ4v) is 4.63. The summed E-state index contributed by atoms with van der Waals surface area (Å²) in [4.78, 5) is 13.1. The lowest BCUT2D eigenvalue weighted by molar-refractivity contribution is -0.274. The molecule has 0 radical (unpaired) electrons. The van der Waals surface area contributed by atoms with Gasteiger partial charge in [-0.1, -0.05) is 36.0 Å². The highest BCUT2D eigenvalue weighted by atomic mass is 32.2. The summed E-state index contributed by atoms with van der Waals surface area (Å²) in [6.07, 6.45) is -4.08. The van der Waals surface area contributed by atoms with Crippen molar-refractivity contribution in [1.82, 2.24) is 19.2 Å². The van der Waals surface area contributed by atoms with Crippen LogP contribution in [0.4, 0.5) is 13.2 Å². The minimum atomic E-state index is -4.73. The van der Waals surface area contributed by atoms with E-state index < -0.39 is 6.36 Å². The summed E-state index contributed by atoms with van der Waals surface area (Å²) >= 11 is 1.40. The number of aryl methyl sites for hydroxylation is 1. The minimum absolute atomic E-state index is 0.142. The second kappa shape index (κ2) is 10.1. The highest BCUT2D eigenvalue weighted by molar-refractivity contribution is 7.99. The lowest BCUT2D eigenvalue weighted by Gasteiger charge is -2.14. The Morgan fingerprint density at radius 1 is 1.09 bits per heavy atom. The third-order valence-electron chi connectivity index (χ3n) is 5.22. The molecular weight excluding hydrogens is 469 g/mol. The van der Waals surface area contributed by atoms with Gasteiger partial charge in [0.15, 0.2) is 5.16 Å². The molecule has 180 valence electrons. The number of benzene rings is 2. The Bertz CT molecular complexity index is 1340. The number of para-hydroxylation sites is 1. The Labute approximate surface area is 197 Å². The van der Waals surface area contributed by atoms with Crippen LogP contribution in [-0.4, -0.2) is 38.7 Å². The van der Waals surface area contributed by atoms with Crippen molar-refractivity contribution in [3.8, 4) is 5.75 Å². The Balaban J connectivity index is 1.67. The van der Waals surface area contributed by atoms with Crippen molar-refractivity contribution >= 4 is 28.4 Å². The van der Waals surface area contributed by atoms with Gasteiger partial charge in [0.25, 0.3) is 5.56 Å². The standard InChI is InChI=1S/C23H23F3N4O3S/c1-3-32-14-6-13-29-20(31)18-7-4-5-8-19(18)30-21(29)27-28-22(30)34-15(2)16-9-11-17(12-10-16)33-23(24,25)26/h4-5,7-12,15H,3,6,13-14H2,1-2H3. The van der Waals surface area contributed by atoms with Crippen molar-refractivity contribution in [2.45, 2.75) is 43.6 Å². The van der Waals surface area contributed by atoms with Gasteiger partial charge in [-0.15, -0.1) is 23.4 Å². The van der Waals surface area contributed by atoms with Crippen LogP contribution in [0.1, 0.15) is 31.1 Å². The molecule has 0 aliphatic carbocycles. The van der Waals surface area contributed by atoms with Crippen LogP contribution in [0, 0.1) is 0 Å². The highest BCUT2D eigenvalue weighted by Gasteiger charge is 2.31. The molecule has 1 unspecified atom stereocenters. The normalized spacial score (nSPS) is 13.0. The van der Waals surface area contributed by atoms with Gasteiger partial charge in [-0.2, -0.15) is 0 Å². The first-order valence-electron chi connectivity index (χ1n) is 10.7. The number of ether oxygens (including phenoxy) is 2. The van der Waals surface area contributed by atoms with Crippen LogP contribution in [0.25, 0.3) is 16.7 Å². The van der Waals surface area contributed by atoms with Gasteiger partial charge in [0.05, 0.1) is 10.9 Å². The van der Waals surface area contributed by atoms with Gasteiger partial charge < -0.3 is 9.47 Å². The first kappa shape index (κ1) is 24.1. The van der Waals surface area contributed by atoms with Crippen molar-refractivity contribution in [2.24, 2.45) is 0 Å². The van der Waals surface area contributed by atoms with Gasteiger partial charge in [0.1, 0.15) is 5.75 Å². The van der Waals surface area contributed by atoms with Gasteiger partial charge in [0, 0.05) is 25.0 Å². The lowest BCUT2D eigenvalue weighted by Crippen LogP contribution is -2.24. The van der Waals surface area contributed by atoms with E-state index in [1.165, 1.54) is 23.9 Å². The second-order valence-electron chi connectivity index (χ2n) is 7.52. The number of alkyl halides is 3. The van der Waals surface area contributed by atoms with E-state index in [0.717, 1.165) is 5.56 Å². The molecule has 0 aliphatic heterocycles. The first-order valence-corrected chi connectivity index (χ1v) is 11.6. The predicted octanol–water partition coefficient (Wildman–Crippen LogP) is 5.22. The topological polar surface area (TPSA) is 70.7 Å². The van der Waals surface area contributed by atoms with E-state index >= 15 is 0 Å². The van der Waals surface area contributed by atoms with Crippen LogP contribution in [0.2, 0.25) is 0 Å². The van der Waals surface area contributed by atoms with Crippen molar-refractivity contribution in [2.75, 3.05) is 13.2 Å². The second-order valence-corrected chi connectivity index (χ2v) is 8.83. The van der Waals surface area contributed by atoms with E-state index in [1.807, 2.05) is 36.4 Å². The zero-order valence-electron chi connectivity index (χ0n) is 18.6. The largest absolute Gasteiger partial charge is 0.573 e. The number of nitrogens with zero attached hydrogens (tertiary/aromatic N) is 4. The summed E-state index contributed by atoms with van der Waals surface area (Å²) in [6.45, 7) is 5.41. The summed E-state index contributed by atoms with van der Waals surface area (Å²) in [5.41, 5.74) is 1.35. The average molecular weight is 493 g/mol. The molecule has 4 aromatic rings. The third kappa shape index (κ3) is 5.20. The monoisotopic (exact) mass is 492 g/mol. The minimum Gasteiger partial charge on any atom is -0.406 e. The van der Waals surface area contributed by atoms with Gasteiger partial charge in [0.2, 0.25) is 5.78 Å². The molecule has 4 rings (SSSR count). The van der Waals surface area contributed by atoms with Crippen molar-refractivity contribution in [1.29, 1.82) is 0 Å². The molecule has 34 heavy (non-hydrogen) atoms. The highest BCUT2D eigenvalue weighted by Crippen LogP contribution is 2.35. The number of hydrogen-bond acceptors (Lipinski definition) is 6. The number of aromatic nitrogens is 4. The number of halogens is 3. The van der Waals surface area contributed by atoms with E-state index in [-0.39, 0.29) is 16.6 Å². The SMILES string of the molecule is CCOCCCn1c(=O)c2ccccc2n2c(SC(C)c3ccc(OC(F)(F)F)cc3)nnc12. The zero-order chi connectivity index (χ0) is 24.3. The van der Waals surface area contributed by atoms with Crippen LogP contribution in [0.5, 0.6) is 5.75 Å². The Hall–Kier alpha value is -3.05. The van der Waals surface area contributed by atoms with Crippen LogP contribution in [0.3, 0.4) is 0 Å². The zero-order valence-corrected chi connectivity index (χ0v) is 19.4. The maximum Gasteiger partial charge on any atom is 0.573 e. The molecule has 7 nitrogen and oxygen atoms in total. The van der Waals surface area contributed by atoms with Crippen molar-refractivity contribution in [3.05, 3.63) is 64.4 Å². The molecule has 2 aromatic heterocycles. The molecule has 2 aromatic carbocycles. The smallest absolute Gasteiger partial charge is 0.406 e. The van der Waals surface area contributed by atoms with Gasteiger partial charge in [-0.05, 0) is 50.1 Å². The molecular formula is C23H23F3N4O3S. The quantitative estimate of drug-likeness (QED) is 0.236. The Morgan fingerprint density at radius 2 is 1.82 bits per heavy atom. The number of rotatable bonds is 9. The molecule has 0 saturated carbocycles. The molecule has 0 amide bonds. The predicted molar refractivity (Wildman–Crippen MR) is 123 cm³/mol. The van der Waals surface area contributed by atoms with E-state index in [0.29, 0.717) is 48.0 Å². The third-order valence-corrected chi connectivity index (χ3v) is 6.32. The molecule has 0 aliphatic rings. The van der Waals surface area contributed by atoms with E-state index in [9.17, 15) is 18.0 Å². The average Bonchev–Trinajstić information content (AvgIpc) is 3.21. The first-order chi connectivity index (χ1) is 16.3. The molecule has 0 N–H and O–H groups in total. The lowest BCUT2D eigenvalue weighted by atomic mass is 10.2. The summed E-state index contributed by atoms with van der Waals surface area (Å²) in [6, 6.07) is 13.0. The summed E-state index contributed by atoms with van der Waals surface area (Å²) in [5.74, 6) is 0.160. The Morgan fingerprint density at radius 3 is 2.53 bits per heavy atom. The van der Waals surface area contributed by atoms with Crippen LogP contribution in [0.15, 0.2) is 58.5 Å². The molecule has 1 atom stereocenters.